The Bertz CT molecular complexity index is 342. The Morgan fingerprint density at radius 1 is 1.43 bits per heavy atom. The Balaban J connectivity index is 2.95. The molecule has 1 aromatic carbocycles. The number of halogens is 2. The van der Waals surface area contributed by atoms with Gasteiger partial charge in [-0.3, -0.25) is 4.79 Å². The number of anilines is 1. The summed E-state index contributed by atoms with van der Waals surface area (Å²) in [5.41, 5.74) is 2.97. The van der Waals surface area contributed by atoms with Gasteiger partial charge in [0.25, 0.3) is 0 Å². The highest BCUT2D eigenvalue weighted by molar-refractivity contribution is 9.10. The van der Waals surface area contributed by atoms with Crippen molar-refractivity contribution in [3.8, 4) is 0 Å². The molecular formula is C10H11BrClNO. The monoisotopic (exact) mass is 275 g/mol. The van der Waals surface area contributed by atoms with Gasteiger partial charge in [0, 0.05) is 10.2 Å². The lowest BCUT2D eigenvalue weighted by molar-refractivity contribution is -0.113. The van der Waals surface area contributed by atoms with Crippen LogP contribution in [0.5, 0.6) is 0 Å². The quantitative estimate of drug-likeness (QED) is 0.826. The smallest absolute Gasteiger partial charge is 0.239 e. The van der Waals surface area contributed by atoms with Crippen LogP contribution in [-0.4, -0.2) is 11.8 Å². The molecule has 0 spiro atoms. The second kappa shape index (κ2) is 4.80. The molecule has 0 atom stereocenters. The maximum Gasteiger partial charge on any atom is 0.239 e. The van der Waals surface area contributed by atoms with Gasteiger partial charge in [0.15, 0.2) is 0 Å². The van der Waals surface area contributed by atoms with E-state index in [1.807, 2.05) is 26.0 Å². The van der Waals surface area contributed by atoms with Crippen molar-refractivity contribution < 1.29 is 4.79 Å². The van der Waals surface area contributed by atoms with Gasteiger partial charge in [0.05, 0.1) is 0 Å². The fourth-order valence-corrected chi connectivity index (χ4v) is 1.51. The molecule has 1 amide bonds. The summed E-state index contributed by atoms with van der Waals surface area (Å²) in [6.07, 6.45) is 0. The lowest BCUT2D eigenvalue weighted by Gasteiger charge is -2.08. The summed E-state index contributed by atoms with van der Waals surface area (Å²) < 4.78 is 1.07. The molecule has 0 bridgehead atoms. The summed E-state index contributed by atoms with van der Waals surface area (Å²) in [5.74, 6) is -0.207. The molecule has 0 aliphatic rings. The Labute approximate surface area is 96.8 Å². The molecule has 14 heavy (non-hydrogen) atoms. The predicted molar refractivity (Wildman–Crippen MR) is 63.0 cm³/mol. The fraction of sp³-hybridized carbons (Fsp3) is 0.300. The summed E-state index contributed by atoms with van der Waals surface area (Å²) in [6, 6.07) is 3.81. The first-order chi connectivity index (χ1) is 6.54. The molecule has 1 N–H and O–H groups in total. The van der Waals surface area contributed by atoms with E-state index in [9.17, 15) is 4.79 Å². The molecule has 1 aromatic rings. The molecular weight excluding hydrogens is 265 g/mol. The average Bonchev–Trinajstić information content (AvgIpc) is 2.14. The van der Waals surface area contributed by atoms with Gasteiger partial charge in [0.1, 0.15) is 5.88 Å². The van der Waals surface area contributed by atoms with Gasteiger partial charge >= 0.3 is 0 Å². The Morgan fingerprint density at radius 2 is 1.93 bits per heavy atom. The van der Waals surface area contributed by atoms with Gasteiger partial charge in [-0.05, 0) is 37.1 Å². The van der Waals surface area contributed by atoms with E-state index >= 15 is 0 Å². The van der Waals surface area contributed by atoms with Crippen molar-refractivity contribution in [2.45, 2.75) is 13.8 Å². The van der Waals surface area contributed by atoms with Crippen molar-refractivity contribution in [1.29, 1.82) is 0 Å². The number of hydrogen-bond acceptors (Lipinski definition) is 1. The first-order valence-electron chi connectivity index (χ1n) is 4.17. The minimum absolute atomic E-state index is 0.0197. The molecule has 0 saturated heterocycles. The van der Waals surface area contributed by atoms with Crippen LogP contribution in [0.3, 0.4) is 0 Å². The van der Waals surface area contributed by atoms with E-state index in [1.54, 1.807) is 0 Å². The summed E-state index contributed by atoms with van der Waals surface area (Å²) in [7, 11) is 0. The van der Waals surface area contributed by atoms with Crippen molar-refractivity contribution in [3.05, 3.63) is 27.7 Å². The van der Waals surface area contributed by atoms with Gasteiger partial charge in [-0.25, -0.2) is 0 Å². The largest absolute Gasteiger partial charge is 0.325 e. The molecule has 0 radical (unpaired) electrons. The fourth-order valence-electron chi connectivity index (χ4n) is 1.21. The van der Waals surface area contributed by atoms with Crippen LogP contribution in [0.25, 0.3) is 0 Å². The van der Waals surface area contributed by atoms with E-state index in [0.717, 1.165) is 21.3 Å². The molecule has 4 heteroatoms. The zero-order valence-electron chi connectivity index (χ0n) is 8.03. The summed E-state index contributed by atoms with van der Waals surface area (Å²) >= 11 is 8.85. The van der Waals surface area contributed by atoms with Gasteiger partial charge in [-0.2, -0.15) is 0 Å². The highest BCUT2D eigenvalue weighted by Gasteiger charge is 2.04. The molecule has 0 aromatic heterocycles. The standard InChI is InChI=1S/C10H11BrClNO/c1-6-3-8(13-9(14)5-12)4-7(2)10(6)11/h3-4H,5H2,1-2H3,(H,13,14). The third-order valence-corrected chi connectivity index (χ3v) is 3.34. The highest BCUT2D eigenvalue weighted by Crippen LogP contribution is 2.24. The van der Waals surface area contributed by atoms with Crippen molar-refractivity contribution in [3.63, 3.8) is 0 Å². The normalized spacial score (nSPS) is 10.0. The van der Waals surface area contributed by atoms with Crippen LogP contribution in [0, 0.1) is 13.8 Å². The van der Waals surface area contributed by atoms with E-state index in [-0.39, 0.29) is 11.8 Å². The van der Waals surface area contributed by atoms with Crippen LogP contribution in [0.4, 0.5) is 5.69 Å². The van der Waals surface area contributed by atoms with Gasteiger partial charge in [-0.1, -0.05) is 15.9 Å². The number of alkyl halides is 1. The highest BCUT2D eigenvalue weighted by atomic mass is 79.9. The van der Waals surface area contributed by atoms with E-state index < -0.39 is 0 Å². The second-order valence-electron chi connectivity index (χ2n) is 3.11. The van der Waals surface area contributed by atoms with Crippen LogP contribution >= 0.6 is 27.5 Å². The molecule has 0 saturated carbocycles. The number of benzene rings is 1. The molecule has 0 unspecified atom stereocenters. The lowest BCUT2D eigenvalue weighted by atomic mass is 10.1. The molecule has 0 aliphatic heterocycles. The second-order valence-corrected chi connectivity index (χ2v) is 4.17. The molecule has 0 heterocycles. The number of aryl methyl sites for hydroxylation is 2. The maximum absolute atomic E-state index is 11.0. The zero-order valence-corrected chi connectivity index (χ0v) is 10.4. The van der Waals surface area contributed by atoms with E-state index in [0.29, 0.717) is 0 Å². The third-order valence-electron chi connectivity index (χ3n) is 1.84. The SMILES string of the molecule is Cc1cc(NC(=O)CCl)cc(C)c1Br. The van der Waals surface area contributed by atoms with E-state index in [1.165, 1.54) is 0 Å². The van der Waals surface area contributed by atoms with Gasteiger partial charge in [-0.15, -0.1) is 11.6 Å². The number of rotatable bonds is 2. The number of hydrogen-bond donors (Lipinski definition) is 1. The number of nitrogens with one attached hydrogen (secondary N) is 1. The summed E-state index contributed by atoms with van der Waals surface area (Å²) in [5, 5.41) is 2.71. The van der Waals surface area contributed by atoms with E-state index in [4.69, 9.17) is 11.6 Å². The number of carbonyl (C=O) groups is 1. The van der Waals surface area contributed by atoms with Gasteiger partial charge < -0.3 is 5.32 Å². The summed E-state index contributed by atoms with van der Waals surface area (Å²) in [6.45, 7) is 3.96. The minimum Gasteiger partial charge on any atom is -0.325 e. The number of amides is 1. The van der Waals surface area contributed by atoms with Crippen molar-refractivity contribution in [2.75, 3.05) is 11.2 Å². The third kappa shape index (κ3) is 2.72. The van der Waals surface area contributed by atoms with Gasteiger partial charge in [0.2, 0.25) is 5.91 Å². The Morgan fingerprint density at radius 3 is 2.36 bits per heavy atom. The molecule has 1 rings (SSSR count). The topological polar surface area (TPSA) is 29.1 Å². The van der Waals surface area contributed by atoms with Crippen molar-refractivity contribution in [1.82, 2.24) is 0 Å². The predicted octanol–water partition coefficient (Wildman–Crippen LogP) is 3.24. The van der Waals surface area contributed by atoms with Crippen LogP contribution < -0.4 is 5.32 Å². The van der Waals surface area contributed by atoms with Crippen molar-refractivity contribution in [2.24, 2.45) is 0 Å². The van der Waals surface area contributed by atoms with Crippen LogP contribution in [0.15, 0.2) is 16.6 Å². The zero-order chi connectivity index (χ0) is 10.7. The molecule has 0 aliphatic carbocycles. The van der Waals surface area contributed by atoms with Crippen LogP contribution in [0.1, 0.15) is 11.1 Å². The van der Waals surface area contributed by atoms with Crippen LogP contribution in [-0.2, 0) is 4.79 Å². The van der Waals surface area contributed by atoms with E-state index in [2.05, 4.69) is 21.2 Å². The Hall–Kier alpha value is -0.540. The maximum atomic E-state index is 11.0. The summed E-state index contributed by atoms with van der Waals surface area (Å²) in [4.78, 5) is 11.0. The molecule has 2 nitrogen and oxygen atoms in total. The number of carbonyl (C=O) groups excluding carboxylic acids is 1. The first kappa shape index (κ1) is 11.5. The minimum atomic E-state index is -0.187. The first-order valence-corrected chi connectivity index (χ1v) is 5.50. The lowest BCUT2D eigenvalue weighted by Crippen LogP contribution is -2.12. The van der Waals surface area contributed by atoms with Crippen molar-refractivity contribution >= 4 is 39.1 Å². The molecule has 0 fully saturated rings. The van der Waals surface area contributed by atoms with Crippen LogP contribution in [0.2, 0.25) is 0 Å². The Kier molecular flexibility index (Phi) is 3.96. The average molecular weight is 277 g/mol. The molecule has 76 valence electrons.